The van der Waals surface area contributed by atoms with Gasteiger partial charge in [-0.15, -0.1) is 0 Å². The molecular formula is C32H33ClF3N5O3. The molecule has 0 aromatic carbocycles. The van der Waals surface area contributed by atoms with Gasteiger partial charge in [-0.25, -0.2) is 18.2 Å². The average molecular weight is 628 g/mol. The average Bonchev–Trinajstić information content (AvgIpc) is 3.37. The molecule has 1 aliphatic heterocycles. The summed E-state index contributed by atoms with van der Waals surface area (Å²) in [5.74, 6) is -3.19. The molecule has 0 aliphatic carbocycles. The monoisotopic (exact) mass is 627 g/mol. The van der Waals surface area contributed by atoms with E-state index in [9.17, 15) is 14.0 Å². The van der Waals surface area contributed by atoms with Gasteiger partial charge in [0.1, 0.15) is 22.2 Å². The number of pyridine rings is 3. The van der Waals surface area contributed by atoms with Gasteiger partial charge in [0.2, 0.25) is 5.91 Å². The van der Waals surface area contributed by atoms with Crippen molar-refractivity contribution in [3.05, 3.63) is 104 Å². The van der Waals surface area contributed by atoms with E-state index >= 15 is 8.78 Å². The quantitative estimate of drug-likeness (QED) is 0.256. The van der Waals surface area contributed by atoms with Crippen LogP contribution in [0.2, 0.25) is 5.02 Å². The molecule has 0 bridgehead atoms. The molecule has 8 nitrogen and oxygen atoms in total. The van der Waals surface area contributed by atoms with Crippen molar-refractivity contribution in [2.75, 3.05) is 13.1 Å². The molecule has 4 heterocycles. The van der Waals surface area contributed by atoms with Crippen LogP contribution < -0.4 is 10.3 Å². The normalized spacial score (nSPS) is 18.2. The summed E-state index contributed by atoms with van der Waals surface area (Å²) in [4.78, 5) is 38.7. The lowest BCUT2D eigenvalue weighted by atomic mass is 9.94. The smallest absolute Gasteiger partial charge is 0.273 e. The number of rotatable bonds is 9. The number of carbonyl (C=O) groups is 1. The first kappa shape index (κ1) is 32.7. The highest BCUT2D eigenvalue weighted by molar-refractivity contribution is 6.31. The summed E-state index contributed by atoms with van der Waals surface area (Å²) in [5, 5.41) is -0.126. The number of aliphatic imine (C=N–C) groups is 1. The minimum Gasteiger partial charge on any atom is -0.467 e. The number of ether oxygens (including phenoxy) is 1. The fourth-order valence-corrected chi connectivity index (χ4v) is 5.41. The van der Waals surface area contributed by atoms with Crippen molar-refractivity contribution in [1.82, 2.24) is 19.4 Å². The zero-order valence-corrected chi connectivity index (χ0v) is 25.8. The van der Waals surface area contributed by atoms with Crippen LogP contribution >= 0.6 is 11.6 Å². The van der Waals surface area contributed by atoms with E-state index in [2.05, 4.69) is 15.0 Å². The predicted octanol–water partition coefficient (Wildman–Crippen LogP) is 6.41. The van der Waals surface area contributed by atoms with Crippen molar-refractivity contribution in [1.29, 1.82) is 0 Å². The van der Waals surface area contributed by atoms with Crippen LogP contribution in [0.5, 0.6) is 5.88 Å². The fourth-order valence-electron chi connectivity index (χ4n) is 5.08. The number of amides is 1. The number of aromatic nitrogens is 3. The van der Waals surface area contributed by atoms with Crippen molar-refractivity contribution in [2.45, 2.75) is 59.0 Å². The van der Waals surface area contributed by atoms with E-state index < -0.39 is 34.3 Å². The second kappa shape index (κ2) is 13.6. The first-order chi connectivity index (χ1) is 20.8. The minimum absolute atomic E-state index is 0.121. The summed E-state index contributed by atoms with van der Waals surface area (Å²) in [6, 6.07) is 4.27. The molecule has 12 heteroatoms. The van der Waals surface area contributed by atoms with E-state index in [4.69, 9.17) is 16.3 Å². The molecule has 1 saturated heterocycles. The standard InChI is InChI=1S/C32H33ClF3N5O3/c1-6-9-38-29(24-7-10-39-30(28(24)36)44-32(5)8-11-40(18-32)21(4)42)26(35)17-41-20(3)13-25(27(33)31(41)43)19(2)12-22-14-23(34)16-37-15-22/h6-7,9-10,13-17,19H,8,11-12,18H2,1-5H3/b9-6+,26-17-,38-29+. The molecule has 0 spiro atoms. The lowest BCUT2D eigenvalue weighted by Crippen LogP contribution is -2.38. The Morgan fingerprint density at radius 2 is 2.05 bits per heavy atom. The molecule has 1 amide bonds. The first-order valence-electron chi connectivity index (χ1n) is 14.0. The largest absolute Gasteiger partial charge is 0.467 e. The Morgan fingerprint density at radius 3 is 2.70 bits per heavy atom. The number of carbonyl (C=O) groups excluding carboxylic acids is 1. The van der Waals surface area contributed by atoms with Gasteiger partial charge in [-0.1, -0.05) is 24.6 Å². The van der Waals surface area contributed by atoms with E-state index in [0.29, 0.717) is 36.2 Å². The summed E-state index contributed by atoms with van der Waals surface area (Å²) in [7, 11) is 0. The van der Waals surface area contributed by atoms with Crippen molar-refractivity contribution in [2.24, 2.45) is 4.99 Å². The number of likely N-dealkylation sites (tertiary alicyclic amines) is 1. The second-order valence-corrected chi connectivity index (χ2v) is 11.4. The Balaban J connectivity index is 1.68. The number of nitrogens with zero attached hydrogens (tertiary/aromatic N) is 5. The van der Waals surface area contributed by atoms with Crippen molar-refractivity contribution < 1.29 is 22.7 Å². The molecule has 1 fully saturated rings. The SMILES string of the molecule is C/C=C/N=C(/C(F)=C/n1c(C)cc(C(C)Cc2cncc(F)c2)c(Cl)c1=O)c1ccnc(OC2(C)CCN(C(C)=O)C2)c1F. The van der Waals surface area contributed by atoms with Gasteiger partial charge in [-0.2, -0.15) is 0 Å². The van der Waals surface area contributed by atoms with Gasteiger partial charge in [0.25, 0.3) is 11.4 Å². The molecule has 3 aromatic rings. The summed E-state index contributed by atoms with van der Waals surface area (Å²) in [6.07, 6.45) is 8.48. The van der Waals surface area contributed by atoms with Crippen LogP contribution in [0.1, 0.15) is 62.4 Å². The molecule has 0 saturated carbocycles. The molecular weight excluding hydrogens is 595 g/mol. The number of hydrogen-bond acceptors (Lipinski definition) is 6. The molecule has 44 heavy (non-hydrogen) atoms. The maximum atomic E-state index is 15.9. The third-order valence-electron chi connectivity index (χ3n) is 7.40. The second-order valence-electron chi connectivity index (χ2n) is 11.0. The molecule has 0 N–H and O–H groups in total. The van der Waals surface area contributed by atoms with Crippen LogP contribution in [0, 0.1) is 18.6 Å². The number of aryl methyl sites for hydroxylation is 1. The first-order valence-corrected chi connectivity index (χ1v) is 14.4. The van der Waals surface area contributed by atoms with Gasteiger partial charge in [-0.3, -0.25) is 24.1 Å². The zero-order valence-electron chi connectivity index (χ0n) is 25.1. The molecule has 2 atom stereocenters. The van der Waals surface area contributed by atoms with Gasteiger partial charge in [0.05, 0.1) is 18.9 Å². The minimum atomic E-state index is -1.01. The summed E-state index contributed by atoms with van der Waals surface area (Å²) < 4.78 is 52.3. The van der Waals surface area contributed by atoms with Crippen molar-refractivity contribution in [3.8, 4) is 5.88 Å². The lowest BCUT2D eigenvalue weighted by molar-refractivity contribution is -0.128. The van der Waals surface area contributed by atoms with Gasteiger partial charge >= 0.3 is 0 Å². The third kappa shape index (κ3) is 7.27. The summed E-state index contributed by atoms with van der Waals surface area (Å²) in [6.45, 7) is 9.00. The lowest BCUT2D eigenvalue weighted by Gasteiger charge is -2.25. The van der Waals surface area contributed by atoms with E-state index in [1.54, 1.807) is 31.7 Å². The molecule has 4 rings (SSSR count). The van der Waals surface area contributed by atoms with Gasteiger partial charge in [-0.05, 0) is 62.4 Å². The van der Waals surface area contributed by atoms with Crippen LogP contribution in [0.25, 0.3) is 6.20 Å². The van der Waals surface area contributed by atoms with Gasteiger partial charge in [0, 0.05) is 49.7 Å². The predicted molar refractivity (Wildman–Crippen MR) is 164 cm³/mol. The highest BCUT2D eigenvalue weighted by Gasteiger charge is 2.38. The maximum Gasteiger partial charge on any atom is 0.273 e. The van der Waals surface area contributed by atoms with E-state index in [1.807, 2.05) is 6.92 Å². The van der Waals surface area contributed by atoms with E-state index in [1.165, 1.54) is 43.7 Å². The Labute approximate surface area is 258 Å². The Kier molecular flexibility index (Phi) is 10.1. The molecule has 1 aliphatic rings. The highest BCUT2D eigenvalue weighted by atomic mass is 35.5. The van der Waals surface area contributed by atoms with Crippen molar-refractivity contribution in [3.63, 3.8) is 0 Å². The Bertz CT molecular complexity index is 1720. The van der Waals surface area contributed by atoms with Crippen LogP contribution in [-0.4, -0.2) is 49.7 Å². The maximum absolute atomic E-state index is 15.9. The van der Waals surface area contributed by atoms with Crippen LogP contribution in [0.4, 0.5) is 13.2 Å². The van der Waals surface area contributed by atoms with Crippen LogP contribution in [0.3, 0.4) is 0 Å². The van der Waals surface area contributed by atoms with E-state index in [-0.39, 0.29) is 34.8 Å². The number of halogens is 4. The molecule has 0 radical (unpaired) electrons. The van der Waals surface area contributed by atoms with Gasteiger partial charge < -0.3 is 9.64 Å². The number of allylic oxidation sites excluding steroid dienone is 2. The van der Waals surface area contributed by atoms with Crippen LogP contribution in [0.15, 0.2) is 64.7 Å². The Hall–Kier alpha value is -4.25. The molecule has 232 valence electrons. The van der Waals surface area contributed by atoms with Gasteiger partial charge in [0.15, 0.2) is 11.6 Å². The zero-order chi connectivity index (χ0) is 32.2. The molecule has 3 aromatic heterocycles. The van der Waals surface area contributed by atoms with Crippen LogP contribution in [-0.2, 0) is 11.2 Å². The van der Waals surface area contributed by atoms with E-state index in [0.717, 1.165) is 17.0 Å². The highest BCUT2D eigenvalue weighted by Crippen LogP contribution is 2.31. The summed E-state index contributed by atoms with van der Waals surface area (Å²) >= 11 is 6.47. The fraction of sp³-hybridized carbons (Fsp3) is 0.344. The Morgan fingerprint density at radius 1 is 1.30 bits per heavy atom. The summed E-state index contributed by atoms with van der Waals surface area (Å²) in [5.41, 5.74) is -0.703. The third-order valence-corrected chi connectivity index (χ3v) is 7.78. The number of hydrogen-bond donors (Lipinski definition) is 0. The van der Waals surface area contributed by atoms with Crippen molar-refractivity contribution >= 4 is 29.4 Å². The topological polar surface area (TPSA) is 89.7 Å². The molecule has 2 unspecified atom stereocenters.